The van der Waals surface area contributed by atoms with Crippen molar-refractivity contribution in [1.29, 1.82) is 0 Å². The number of pyridine rings is 1. The van der Waals surface area contributed by atoms with E-state index in [9.17, 15) is 4.79 Å². The van der Waals surface area contributed by atoms with Crippen LogP contribution in [0.25, 0.3) is 0 Å². The zero-order valence-corrected chi connectivity index (χ0v) is 13.4. The van der Waals surface area contributed by atoms with Gasteiger partial charge in [0.05, 0.1) is 23.6 Å². The Balaban J connectivity index is 1.59. The van der Waals surface area contributed by atoms with Gasteiger partial charge in [-0.15, -0.1) is 0 Å². The van der Waals surface area contributed by atoms with E-state index in [0.29, 0.717) is 0 Å². The van der Waals surface area contributed by atoms with E-state index < -0.39 is 0 Å². The number of carbonyl (C=O) groups is 1. The van der Waals surface area contributed by atoms with Crippen molar-refractivity contribution in [3.8, 4) is 0 Å². The normalized spacial score (nSPS) is 20.9. The molecule has 0 radical (unpaired) electrons. The molecule has 2 aliphatic heterocycles. The Labute approximate surface area is 135 Å². The van der Waals surface area contributed by atoms with E-state index in [1.54, 1.807) is 0 Å². The molecule has 0 N–H and O–H groups in total. The van der Waals surface area contributed by atoms with Crippen LogP contribution >= 0.6 is 0 Å². The molecule has 1 atom stereocenters. The molecule has 2 aromatic rings. The largest absolute Gasteiger partial charge is 0.342 e. The van der Waals surface area contributed by atoms with Crippen LogP contribution in [0, 0.1) is 0 Å². The number of amides is 1. The van der Waals surface area contributed by atoms with E-state index in [1.165, 1.54) is 5.56 Å². The monoisotopic (exact) mass is 311 g/mol. The summed E-state index contributed by atoms with van der Waals surface area (Å²) in [4.78, 5) is 25.7. The molecule has 2 aromatic heterocycles. The minimum absolute atomic E-state index is 0.103. The van der Waals surface area contributed by atoms with Gasteiger partial charge in [-0.2, -0.15) is 0 Å². The minimum atomic E-state index is -0.103. The molecule has 1 fully saturated rings. The van der Waals surface area contributed by atoms with Crippen LogP contribution in [0.15, 0.2) is 30.9 Å². The third kappa shape index (κ3) is 2.63. The van der Waals surface area contributed by atoms with E-state index in [1.807, 2.05) is 47.4 Å². The Bertz CT molecular complexity index is 707. The van der Waals surface area contributed by atoms with E-state index in [2.05, 4.69) is 14.9 Å². The fourth-order valence-electron chi connectivity index (χ4n) is 3.50. The quantitative estimate of drug-likeness (QED) is 0.853. The first-order valence-electron chi connectivity index (χ1n) is 8.12. The molecule has 1 amide bonds. The predicted octanol–water partition coefficient (Wildman–Crippen LogP) is 1.15. The fraction of sp³-hybridized carbons (Fsp3) is 0.471. The molecule has 4 rings (SSSR count). The zero-order chi connectivity index (χ0) is 15.8. The molecule has 0 spiro atoms. The minimum Gasteiger partial charge on any atom is -0.342 e. The van der Waals surface area contributed by atoms with Crippen LogP contribution in [0.5, 0.6) is 0 Å². The van der Waals surface area contributed by atoms with Gasteiger partial charge in [0.15, 0.2) is 0 Å². The summed E-state index contributed by atoms with van der Waals surface area (Å²) < 4.78 is 2.02. The molecule has 6 nitrogen and oxygen atoms in total. The van der Waals surface area contributed by atoms with E-state index in [4.69, 9.17) is 0 Å². The van der Waals surface area contributed by atoms with Crippen molar-refractivity contribution < 1.29 is 4.79 Å². The number of likely N-dealkylation sites (tertiary alicyclic amines) is 1. The fourth-order valence-corrected chi connectivity index (χ4v) is 3.50. The molecule has 0 aliphatic carbocycles. The highest BCUT2D eigenvalue weighted by molar-refractivity contribution is 5.84. The Morgan fingerprint density at radius 2 is 2.09 bits per heavy atom. The van der Waals surface area contributed by atoms with Crippen molar-refractivity contribution in [2.75, 3.05) is 19.6 Å². The summed E-state index contributed by atoms with van der Waals surface area (Å²) in [7, 11) is 1.99. The second kappa shape index (κ2) is 5.77. The summed E-state index contributed by atoms with van der Waals surface area (Å²) >= 11 is 0. The smallest absolute Gasteiger partial charge is 0.233 e. The summed E-state index contributed by atoms with van der Waals surface area (Å²) in [5.41, 5.74) is 3.34. The number of rotatable bonds is 3. The van der Waals surface area contributed by atoms with Crippen LogP contribution in [0.4, 0.5) is 0 Å². The van der Waals surface area contributed by atoms with Gasteiger partial charge < -0.3 is 9.47 Å². The Hall–Kier alpha value is -2.21. The lowest BCUT2D eigenvalue weighted by atomic mass is 9.95. The first kappa shape index (κ1) is 14.4. The summed E-state index contributed by atoms with van der Waals surface area (Å²) in [6, 6.07) is 4.06. The lowest BCUT2D eigenvalue weighted by molar-refractivity contribution is -0.137. The van der Waals surface area contributed by atoms with Gasteiger partial charge in [0, 0.05) is 52.2 Å². The van der Waals surface area contributed by atoms with Crippen LogP contribution < -0.4 is 0 Å². The van der Waals surface area contributed by atoms with Gasteiger partial charge in [-0.3, -0.25) is 14.7 Å². The van der Waals surface area contributed by atoms with Crippen LogP contribution in [0.2, 0.25) is 0 Å². The van der Waals surface area contributed by atoms with Crippen molar-refractivity contribution in [2.24, 2.45) is 7.05 Å². The molecule has 0 bridgehead atoms. The SMILES string of the molecule is Cn1cnc2c1[C@@H](C(=O)N1CCC1)CN(Cc1ccncc1)C2. The number of aromatic nitrogens is 3. The molecule has 4 heterocycles. The number of fused-ring (bicyclic) bond motifs is 1. The summed E-state index contributed by atoms with van der Waals surface area (Å²) in [5.74, 6) is 0.147. The molecule has 0 unspecified atom stereocenters. The average molecular weight is 311 g/mol. The highest BCUT2D eigenvalue weighted by atomic mass is 16.2. The van der Waals surface area contributed by atoms with E-state index in [0.717, 1.165) is 50.5 Å². The number of carbonyl (C=O) groups excluding carboxylic acids is 1. The molecule has 1 saturated heterocycles. The molecule has 0 saturated carbocycles. The third-order valence-electron chi connectivity index (χ3n) is 4.83. The van der Waals surface area contributed by atoms with Crippen LogP contribution in [-0.2, 0) is 24.9 Å². The van der Waals surface area contributed by atoms with Gasteiger partial charge in [-0.1, -0.05) is 0 Å². The van der Waals surface area contributed by atoms with Gasteiger partial charge >= 0.3 is 0 Å². The highest BCUT2D eigenvalue weighted by Gasteiger charge is 2.37. The predicted molar refractivity (Wildman–Crippen MR) is 85.5 cm³/mol. The van der Waals surface area contributed by atoms with E-state index in [-0.39, 0.29) is 11.8 Å². The Kier molecular flexibility index (Phi) is 3.61. The second-order valence-electron chi connectivity index (χ2n) is 6.44. The van der Waals surface area contributed by atoms with E-state index >= 15 is 0 Å². The Morgan fingerprint density at radius 3 is 2.78 bits per heavy atom. The molecule has 120 valence electrons. The lowest BCUT2D eigenvalue weighted by Crippen LogP contribution is -2.48. The maximum Gasteiger partial charge on any atom is 0.233 e. The molecular weight excluding hydrogens is 290 g/mol. The summed E-state index contributed by atoms with van der Waals surface area (Å²) in [6.45, 7) is 4.16. The van der Waals surface area contributed by atoms with Gasteiger partial charge in [-0.25, -0.2) is 4.98 Å². The molecular formula is C17H21N5O. The molecule has 23 heavy (non-hydrogen) atoms. The number of aryl methyl sites for hydroxylation is 1. The van der Waals surface area contributed by atoms with Crippen molar-refractivity contribution in [2.45, 2.75) is 25.4 Å². The maximum absolute atomic E-state index is 12.8. The second-order valence-corrected chi connectivity index (χ2v) is 6.44. The third-order valence-corrected chi connectivity index (χ3v) is 4.83. The lowest BCUT2D eigenvalue weighted by Gasteiger charge is -2.38. The van der Waals surface area contributed by atoms with Gasteiger partial charge in [-0.05, 0) is 24.1 Å². The van der Waals surface area contributed by atoms with Gasteiger partial charge in [0.2, 0.25) is 5.91 Å². The summed E-state index contributed by atoms with van der Waals surface area (Å²) in [6.07, 6.45) is 6.58. The first-order valence-corrected chi connectivity index (χ1v) is 8.12. The molecule has 6 heteroatoms. The topological polar surface area (TPSA) is 54.3 Å². The highest BCUT2D eigenvalue weighted by Crippen LogP contribution is 2.30. The molecule has 0 aromatic carbocycles. The van der Waals surface area contributed by atoms with Gasteiger partial charge in [0.1, 0.15) is 0 Å². The average Bonchev–Trinajstić information content (AvgIpc) is 2.87. The van der Waals surface area contributed by atoms with Crippen molar-refractivity contribution >= 4 is 5.91 Å². The van der Waals surface area contributed by atoms with Gasteiger partial charge in [0.25, 0.3) is 0 Å². The standard InChI is InChI=1S/C17H21N5O/c1-20-12-19-15-11-21(9-13-3-5-18-6-4-13)10-14(16(15)20)17(23)22-7-2-8-22/h3-6,12,14H,2,7-11H2,1H3/t14-/m0/s1. The molecule has 2 aliphatic rings. The number of imidazole rings is 1. The maximum atomic E-state index is 12.8. The number of hydrogen-bond acceptors (Lipinski definition) is 4. The number of nitrogens with zero attached hydrogens (tertiary/aromatic N) is 5. The van der Waals surface area contributed by atoms with Crippen LogP contribution in [0.3, 0.4) is 0 Å². The number of hydrogen-bond donors (Lipinski definition) is 0. The zero-order valence-electron chi connectivity index (χ0n) is 13.4. The van der Waals surface area contributed by atoms with Crippen molar-refractivity contribution in [3.05, 3.63) is 47.8 Å². The summed E-state index contributed by atoms with van der Waals surface area (Å²) in [5, 5.41) is 0. The van der Waals surface area contributed by atoms with Crippen molar-refractivity contribution in [3.63, 3.8) is 0 Å². The van der Waals surface area contributed by atoms with Crippen LogP contribution in [0.1, 0.15) is 29.3 Å². The first-order chi connectivity index (χ1) is 11.2. The van der Waals surface area contributed by atoms with Crippen LogP contribution in [-0.4, -0.2) is 49.9 Å². The van der Waals surface area contributed by atoms with Crippen molar-refractivity contribution in [1.82, 2.24) is 24.3 Å². The Morgan fingerprint density at radius 1 is 1.30 bits per heavy atom.